The highest BCUT2D eigenvalue weighted by Gasteiger charge is 2.35. The van der Waals surface area contributed by atoms with Gasteiger partial charge in [-0.15, -0.1) is 0 Å². The van der Waals surface area contributed by atoms with Crippen LogP contribution in [-0.4, -0.2) is 39.5 Å². The van der Waals surface area contributed by atoms with Crippen LogP contribution in [0.4, 0.5) is 8.78 Å². The number of aryl methyl sites for hydroxylation is 2. The first-order chi connectivity index (χ1) is 17.1. The van der Waals surface area contributed by atoms with Gasteiger partial charge in [0.15, 0.2) is 0 Å². The van der Waals surface area contributed by atoms with E-state index in [0.29, 0.717) is 4.90 Å². The molecule has 0 N–H and O–H groups in total. The van der Waals surface area contributed by atoms with Gasteiger partial charge in [-0.05, 0) is 55.7 Å². The number of piperidine rings is 1. The molecule has 1 atom stereocenters. The van der Waals surface area contributed by atoms with Gasteiger partial charge >= 0.3 is 0 Å². The van der Waals surface area contributed by atoms with E-state index in [1.54, 1.807) is 0 Å². The van der Waals surface area contributed by atoms with Gasteiger partial charge < -0.3 is 4.90 Å². The van der Waals surface area contributed by atoms with Crippen LogP contribution in [0.25, 0.3) is 0 Å². The molecule has 0 radical (unpaired) electrons. The van der Waals surface area contributed by atoms with Crippen LogP contribution in [0.1, 0.15) is 68.0 Å². The first-order valence-electron chi connectivity index (χ1n) is 13.4. The Morgan fingerprint density at radius 2 is 2.18 bits per heavy atom. The maximum atomic E-state index is 16.4. The van der Waals surface area contributed by atoms with Gasteiger partial charge in [0, 0.05) is 51.1 Å². The third-order valence-corrected chi connectivity index (χ3v) is 4.33. The van der Waals surface area contributed by atoms with Crippen molar-refractivity contribution in [3.05, 3.63) is 58.4 Å². The summed E-state index contributed by atoms with van der Waals surface area (Å²) in [7, 11) is 0. The molecule has 1 aromatic heterocycles. The highest BCUT2D eigenvalue weighted by Crippen LogP contribution is 2.32. The smallest absolute Gasteiger partial charge is 0.253 e. The Labute approximate surface area is 183 Å². The average Bonchev–Trinajstić information content (AvgIpc) is 2.78. The minimum Gasteiger partial charge on any atom is -0.338 e. The van der Waals surface area contributed by atoms with Crippen molar-refractivity contribution in [2.24, 2.45) is 0 Å². The molecule has 1 aliphatic rings. The molecule has 2 aromatic rings. The molecule has 0 spiro atoms. The highest BCUT2D eigenvalue weighted by atomic mass is 35.5. The lowest BCUT2D eigenvalue weighted by atomic mass is 9.88. The number of carbonyl (C=O) groups excluding carboxylic acids is 1. The number of likely N-dealkylation sites (tertiary alicyclic amines) is 1. The molecule has 150 valence electrons. The molecule has 2 heterocycles. The number of alkyl halides is 1. The maximum absolute atomic E-state index is 16.4. The fourth-order valence-electron chi connectivity index (χ4n) is 2.42. The number of amides is 1. The van der Waals surface area contributed by atoms with Gasteiger partial charge in [0.25, 0.3) is 5.91 Å². The summed E-state index contributed by atoms with van der Waals surface area (Å²) >= 11 is 5.68. The molecule has 1 aliphatic heterocycles. The van der Waals surface area contributed by atoms with Crippen molar-refractivity contribution in [2.45, 2.75) is 50.9 Å². The summed E-state index contributed by atoms with van der Waals surface area (Å²) in [6.07, 6.45) is -11.9. The Kier molecular flexibility index (Phi) is 3.58. The fourth-order valence-corrected chi connectivity index (χ4v) is 2.60. The van der Waals surface area contributed by atoms with Crippen molar-refractivity contribution in [3.63, 3.8) is 0 Å². The van der Waals surface area contributed by atoms with Crippen LogP contribution in [0.15, 0.2) is 30.6 Å². The fraction of sp³-hybridized carbons (Fsp3) is 0.476. The lowest BCUT2D eigenvalue weighted by Crippen LogP contribution is -2.44. The van der Waals surface area contributed by atoms with Crippen LogP contribution in [-0.2, 0) is 12.7 Å². The van der Waals surface area contributed by atoms with E-state index in [1.807, 2.05) is 0 Å². The normalized spacial score (nSPS) is 30.1. The van der Waals surface area contributed by atoms with Crippen molar-refractivity contribution >= 4 is 17.5 Å². The van der Waals surface area contributed by atoms with Gasteiger partial charge in [-0.2, -0.15) is 0 Å². The quantitative estimate of drug-likeness (QED) is 0.678. The molecule has 1 aromatic carbocycles. The molecule has 1 unspecified atom stereocenters. The summed E-state index contributed by atoms with van der Waals surface area (Å²) in [4.78, 5) is 20.8. The van der Waals surface area contributed by atoms with Gasteiger partial charge in [-0.3, -0.25) is 4.79 Å². The van der Waals surface area contributed by atoms with Gasteiger partial charge in [0.2, 0.25) is 0 Å². The molecular formula is C21H24ClF2N3O. The minimum absolute atomic E-state index is 0.0195. The number of rotatable bonds is 6. The first kappa shape index (κ1) is 11.2. The van der Waals surface area contributed by atoms with Gasteiger partial charge in [0.1, 0.15) is 17.3 Å². The van der Waals surface area contributed by atoms with E-state index in [0.717, 1.165) is 30.6 Å². The van der Waals surface area contributed by atoms with Crippen molar-refractivity contribution < 1.29 is 27.3 Å². The lowest BCUT2D eigenvalue weighted by molar-refractivity contribution is 0.0389. The summed E-state index contributed by atoms with van der Waals surface area (Å²) in [6, 6.07) is 2.76. The molecule has 1 saturated heterocycles. The van der Waals surface area contributed by atoms with Crippen molar-refractivity contribution in [1.29, 1.82) is 0 Å². The number of carbonyl (C=O) groups is 1. The van der Waals surface area contributed by atoms with Crippen molar-refractivity contribution in [1.82, 2.24) is 14.9 Å². The summed E-state index contributed by atoms with van der Waals surface area (Å²) in [5.74, 6) is -2.57. The summed E-state index contributed by atoms with van der Waals surface area (Å²) in [5.41, 5.74) is -3.89. The molecule has 3 rings (SSSR count). The third kappa shape index (κ3) is 5.04. The van der Waals surface area contributed by atoms with E-state index in [1.165, 1.54) is 6.92 Å². The number of aromatic nitrogens is 2. The van der Waals surface area contributed by atoms with E-state index in [4.69, 9.17) is 25.3 Å². The Bertz CT molecular complexity index is 1230. The molecule has 0 aliphatic carbocycles. The zero-order chi connectivity index (χ0) is 29.1. The van der Waals surface area contributed by atoms with Crippen molar-refractivity contribution in [2.75, 3.05) is 13.0 Å². The Balaban J connectivity index is 1.93. The second kappa shape index (κ2) is 8.95. The summed E-state index contributed by atoms with van der Waals surface area (Å²) < 4.78 is 112. The zero-order valence-corrected chi connectivity index (χ0v) is 15.6. The number of benzene rings is 1. The third-order valence-electron chi connectivity index (χ3n) is 4.04. The molecule has 4 nitrogen and oxygen atoms in total. The van der Waals surface area contributed by atoms with E-state index in [9.17, 15) is 9.18 Å². The van der Waals surface area contributed by atoms with E-state index in [2.05, 4.69) is 9.97 Å². The second-order valence-corrected chi connectivity index (χ2v) is 6.36. The minimum atomic E-state index is -3.68. The van der Waals surface area contributed by atoms with Gasteiger partial charge in [-0.25, -0.2) is 18.7 Å². The SMILES string of the molecule is [2H]C([2H])(C)c1cnc(C([2H])([2H])CC([2H])([2H])C2(F)CCN(C(=O)c3ccc(F)c(Cl)c3)C([2H])([2H])C2([2H])[2H])nc1. The monoisotopic (exact) mass is 417 g/mol. The van der Waals surface area contributed by atoms with Crippen LogP contribution in [0.5, 0.6) is 0 Å². The van der Waals surface area contributed by atoms with Crippen LogP contribution < -0.4 is 0 Å². The Hall–Kier alpha value is -2.08. The molecule has 1 fully saturated rings. The Morgan fingerprint density at radius 1 is 1.43 bits per heavy atom. The molecule has 7 heteroatoms. The average molecular weight is 418 g/mol. The topological polar surface area (TPSA) is 46.1 Å². The van der Waals surface area contributed by atoms with Crippen molar-refractivity contribution in [3.8, 4) is 0 Å². The predicted molar refractivity (Wildman–Crippen MR) is 105 cm³/mol. The van der Waals surface area contributed by atoms with E-state index < -0.39 is 79.6 Å². The lowest BCUT2D eigenvalue weighted by Gasteiger charge is -2.36. The molecular weight excluding hydrogens is 384 g/mol. The molecule has 1 amide bonds. The standard InChI is InChI=1S/C21H24ClF2N3O/c1-2-15-13-25-19(26-14-15)4-3-7-21(24)8-10-27(11-9-21)20(28)16-5-6-18(23)17(22)12-16/h5-6,12-14H,2-4,7-11H2,1H3/i2D2,4D2,7D2,8D2,10D2. The van der Waals surface area contributed by atoms with Crippen LogP contribution in [0, 0.1) is 5.82 Å². The van der Waals surface area contributed by atoms with E-state index in [-0.39, 0.29) is 11.1 Å². The number of hydrogen-bond acceptors (Lipinski definition) is 3. The maximum Gasteiger partial charge on any atom is 0.253 e. The summed E-state index contributed by atoms with van der Waals surface area (Å²) in [6.45, 7) is -2.97. The highest BCUT2D eigenvalue weighted by molar-refractivity contribution is 6.31. The molecule has 0 saturated carbocycles. The van der Waals surface area contributed by atoms with Gasteiger partial charge in [0.05, 0.1) is 5.02 Å². The van der Waals surface area contributed by atoms with Crippen LogP contribution in [0.3, 0.4) is 0 Å². The van der Waals surface area contributed by atoms with Crippen LogP contribution >= 0.6 is 11.6 Å². The van der Waals surface area contributed by atoms with Crippen LogP contribution in [0.2, 0.25) is 5.02 Å². The second-order valence-electron chi connectivity index (χ2n) is 5.95. The largest absolute Gasteiger partial charge is 0.338 e. The number of halogens is 3. The number of hydrogen-bond donors (Lipinski definition) is 0. The number of nitrogens with zero attached hydrogens (tertiary/aromatic N) is 3. The Morgan fingerprint density at radius 3 is 2.86 bits per heavy atom. The molecule has 28 heavy (non-hydrogen) atoms. The first-order valence-corrected chi connectivity index (χ1v) is 8.75. The molecule has 0 bridgehead atoms. The summed E-state index contributed by atoms with van der Waals surface area (Å²) in [5, 5.41) is -0.444. The van der Waals surface area contributed by atoms with E-state index >= 15 is 4.39 Å². The predicted octanol–water partition coefficient (Wildman–Crippen LogP) is 4.80. The zero-order valence-electron chi connectivity index (χ0n) is 24.9. The van der Waals surface area contributed by atoms with Gasteiger partial charge in [-0.1, -0.05) is 18.5 Å².